The maximum atomic E-state index is 5.87. The van der Waals surface area contributed by atoms with Crippen LogP contribution in [-0.2, 0) is 6.42 Å². The molecule has 2 N–H and O–H groups in total. The number of halogens is 1. The lowest BCUT2D eigenvalue weighted by atomic mass is 9.95. The minimum Gasteiger partial charge on any atom is -0.387 e. The highest BCUT2D eigenvalue weighted by atomic mass is 35.5. The van der Waals surface area contributed by atoms with Crippen molar-refractivity contribution in [3.63, 3.8) is 0 Å². The van der Waals surface area contributed by atoms with Crippen molar-refractivity contribution in [3.8, 4) is 0 Å². The van der Waals surface area contributed by atoms with Crippen molar-refractivity contribution in [1.29, 1.82) is 0 Å². The van der Waals surface area contributed by atoms with E-state index in [2.05, 4.69) is 25.8 Å². The summed E-state index contributed by atoms with van der Waals surface area (Å²) < 4.78 is 0. The molecule has 0 aromatic heterocycles. The number of amidine groups is 1. The zero-order valence-corrected chi connectivity index (χ0v) is 10.9. The summed E-state index contributed by atoms with van der Waals surface area (Å²) in [5, 5.41) is 0.765. The van der Waals surface area contributed by atoms with Crippen molar-refractivity contribution >= 4 is 17.4 Å². The normalized spacial score (nSPS) is 12.9. The Kier molecular flexibility index (Phi) is 4.36. The lowest BCUT2D eigenvalue weighted by Gasteiger charge is -2.17. The number of aliphatic imine (C=N–C) groups is 1. The molecule has 1 aromatic rings. The molecule has 88 valence electrons. The van der Waals surface area contributed by atoms with Gasteiger partial charge in [-0.1, -0.05) is 44.5 Å². The van der Waals surface area contributed by atoms with Crippen molar-refractivity contribution in [1.82, 2.24) is 0 Å². The third-order valence-corrected chi connectivity index (χ3v) is 2.62. The molecule has 16 heavy (non-hydrogen) atoms. The number of rotatable bonds is 3. The van der Waals surface area contributed by atoms with Gasteiger partial charge in [0.2, 0.25) is 0 Å². The van der Waals surface area contributed by atoms with Gasteiger partial charge in [-0.3, -0.25) is 4.99 Å². The van der Waals surface area contributed by atoms with Crippen LogP contribution >= 0.6 is 11.6 Å². The first kappa shape index (κ1) is 13.0. The first-order valence-electron chi connectivity index (χ1n) is 5.44. The Hall–Kier alpha value is -1.02. The van der Waals surface area contributed by atoms with Crippen LogP contribution in [0.4, 0.5) is 0 Å². The monoisotopic (exact) mass is 238 g/mol. The van der Waals surface area contributed by atoms with Crippen molar-refractivity contribution < 1.29 is 0 Å². The van der Waals surface area contributed by atoms with E-state index in [-0.39, 0.29) is 5.41 Å². The molecule has 0 radical (unpaired) electrons. The van der Waals surface area contributed by atoms with Gasteiger partial charge in [-0.2, -0.15) is 0 Å². The number of nitrogens with zero attached hydrogens (tertiary/aromatic N) is 1. The number of hydrogen-bond donors (Lipinski definition) is 1. The van der Waals surface area contributed by atoms with Gasteiger partial charge in [0.15, 0.2) is 0 Å². The minimum atomic E-state index is -0.0417. The van der Waals surface area contributed by atoms with Crippen LogP contribution in [0.5, 0.6) is 0 Å². The molecule has 0 heterocycles. The summed E-state index contributed by atoms with van der Waals surface area (Å²) in [5.74, 6) is 0.710. The van der Waals surface area contributed by atoms with E-state index in [0.29, 0.717) is 5.84 Å². The summed E-state index contributed by atoms with van der Waals surface area (Å²) in [6.45, 7) is 6.92. The Morgan fingerprint density at radius 2 is 1.81 bits per heavy atom. The average molecular weight is 239 g/mol. The van der Waals surface area contributed by atoms with E-state index in [1.54, 1.807) is 0 Å². The van der Waals surface area contributed by atoms with Gasteiger partial charge in [-0.15, -0.1) is 0 Å². The summed E-state index contributed by atoms with van der Waals surface area (Å²) in [4.78, 5) is 4.37. The van der Waals surface area contributed by atoms with Crippen LogP contribution in [0.25, 0.3) is 0 Å². The van der Waals surface area contributed by atoms with Crippen LogP contribution < -0.4 is 5.73 Å². The molecule has 0 aliphatic rings. The summed E-state index contributed by atoms with van der Waals surface area (Å²) >= 11 is 5.81. The maximum absolute atomic E-state index is 5.87. The molecular weight excluding hydrogens is 220 g/mol. The molecule has 0 aliphatic carbocycles. The third kappa shape index (κ3) is 4.23. The molecule has 0 saturated heterocycles. The highest BCUT2D eigenvalue weighted by molar-refractivity contribution is 6.30. The molecule has 2 nitrogen and oxygen atoms in total. The van der Waals surface area contributed by atoms with Crippen LogP contribution in [-0.4, -0.2) is 12.4 Å². The molecule has 1 aromatic carbocycles. The molecule has 0 amide bonds. The van der Waals surface area contributed by atoms with Crippen molar-refractivity contribution in [2.75, 3.05) is 6.54 Å². The topological polar surface area (TPSA) is 38.4 Å². The van der Waals surface area contributed by atoms with E-state index in [1.165, 1.54) is 5.56 Å². The van der Waals surface area contributed by atoms with Gasteiger partial charge in [0, 0.05) is 17.0 Å². The van der Waals surface area contributed by atoms with E-state index in [0.717, 1.165) is 18.0 Å². The predicted octanol–water partition coefficient (Wildman–Crippen LogP) is 3.29. The zero-order chi connectivity index (χ0) is 12.2. The van der Waals surface area contributed by atoms with Crippen molar-refractivity contribution in [2.24, 2.45) is 16.1 Å². The Morgan fingerprint density at radius 1 is 1.25 bits per heavy atom. The summed E-state index contributed by atoms with van der Waals surface area (Å²) in [6.07, 6.45) is 0.897. The summed E-state index contributed by atoms with van der Waals surface area (Å²) in [7, 11) is 0. The lowest BCUT2D eigenvalue weighted by molar-refractivity contribution is 0.581. The smallest absolute Gasteiger partial charge is 0.0991 e. The SMILES string of the molecule is CC(C)(C)C(N)=NCCc1ccc(Cl)cc1. The van der Waals surface area contributed by atoms with Gasteiger partial charge in [0.05, 0.1) is 5.84 Å². The van der Waals surface area contributed by atoms with Gasteiger partial charge >= 0.3 is 0 Å². The Bertz CT molecular complexity index is 361. The zero-order valence-electron chi connectivity index (χ0n) is 10.1. The number of hydrogen-bond acceptors (Lipinski definition) is 1. The fourth-order valence-electron chi connectivity index (χ4n) is 1.19. The first-order valence-corrected chi connectivity index (χ1v) is 5.82. The van der Waals surface area contributed by atoms with Crippen LogP contribution in [0.1, 0.15) is 26.3 Å². The molecule has 0 saturated carbocycles. The van der Waals surface area contributed by atoms with Gasteiger partial charge in [0.1, 0.15) is 0 Å². The van der Waals surface area contributed by atoms with E-state index in [9.17, 15) is 0 Å². The molecule has 0 spiro atoms. The van der Waals surface area contributed by atoms with Crippen LogP contribution in [0, 0.1) is 5.41 Å². The molecule has 3 heteroatoms. The molecule has 0 bridgehead atoms. The van der Waals surface area contributed by atoms with Crippen LogP contribution in [0.15, 0.2) is 29.3 Å². The van der Waals surface area contributed by atoms with Gasteiger partial charge in [0.25, 0.3) is 0 Å². The highest BCUT2D eigenvalue weighted by Crippen LogP contribution is 2.13. The first-order chi connectivity index (χ1) is 7.39. The summed E-state index contributed by atoms with van der Waals surface area (Å²) in [5.41, 5.74) is 7.06. The van der Waals surface area contributed by atoms with E-state index in [4.69, 9.17) is 17.3 Å². The third-order valence-electron chi connectivity index (χ3n) is 2.36. The van der Waals surface area contributed by atoms with Crippen molar-refractivity contribution in [3.05, 3.63) is 34.9 Å². The summed E-state index contributed by atoms with van der Waals surface area (Å²) in [6, 6.07) is 7.83. The average Bonchev–Trinajstić information content (AvgIpc) is 2.19. The van der Waals surface area contributed by atoms with E-state index < -0.39 is 0 Å². The van der Waals surface area contributed by atoms with Crippen LogP contribution in [0.3, 0.4) is 0 Å². The molecule has 0 unspecified atom stereocenters. The fourth-order valence-corrected chi connectivity index (χ4v) is 1.32. The number of nitrogens with two attached hydrogens (primary N) is 1. The second kappa shape index (κ2) is 5.35. The van der Waals surface area contributed by atoms with E-state index in [1.807, 2.05) is 24.3 Å². The molecule has 0 fully saturated rings. The Balaban J connectivity index is 2.50. The van der Waals surface area contributed by atoms with Gasteiger partial charge in [-0.25, -0.2) is 0 Å². The second-order valence-corrected chi connectivity index (χ2v) is 5.33. The highest BCUT2D eigenvalue weighted by Gasteiger charge is 2.14. The standard InChI is InChI=1S/C13H19ClN2/c1-13(2,3)12(15)16-9-8-10-4-6-11(14)7-5-10/h4-7H,8-9H2,1-3H3,(H2,15,16). The molecule has 0 atom stereocenters. The van der Waals surface area contributed by atoms with E-state index >= 15 is 0 Å². The molecular formula is C13H19ClN2. The van der Waals surface area contributed by atoms with Crippen LogP contribution in [0.2, 0.25) is 5.02 Å². The largest absolute Gasteiger partial charge is 0.387 e. The maximum Gasteiger partial charge on any atom is 0.0991 e. The molecule has 0 aliphatic heterocycles. The Labute approximate surface area is 103 Å². The number of benzene rings is 1. The lowest BCUT2D eigenvalue weighted by Crippen LogP contribution is -2.29. The van der Waals surface area contributed by atoms with Gasteiger partial charge in [-0.05, 0) is 24.1 Å². The second-order valence-electron chi connectivity index (χ2n) is 4.89. The van der Waals surface area contributed by atoms with Gasteiger partial charge < -0.3 is 5.73 Å². The minimum absolute atomic E-state index is 0.0417. The quantitative estimate of drug-likeness (QED) is 0.637. The predicted molar refractivity (Wildman–Crippen MR) is 71.1 cm³/mol. The molecule has 1 rings (SSSR count). The fraction of sp³-hybridized carbons (Fsp3) is 0.462. The van der Waals surface area contributed by atoms with Crippen molar-refractivity contribution in [2.45, 2.75) is 27.2 Å². The Morgan fingerprint density at radius 3 is 2.31 bits per heavy atom.